The summed E-state index contributed by atoms with van der Waals surface area (Å²) in [6.45, 7) is 2.06. The van der Waals surface area contributed by atoms with Crippen molar-refractivity contribution in [2.24, 2.45) is 5.73 Å². The van der Waals surface area contributed by atoms with Crippen molar-refractivity contribution in [3.8, 4) is 12.3 Å². The molecular formula is C12H14F2N2. The van der Waals surface area contributed by atoms with E-state index in [0.717, 1.165) is 12.1 Å². The fourth-order valence-electron chi connectivity index (χ4n) is 1.38. The van der Waals surface area contributed by atoms with Crippen LogP contribution >= 0.6 is 0 Å². The number of hydrogen-bond donors (Lipinski definition) is 2. The van der Waals surface area contributed by atoms with Gasteiger partial charge in [-0.1, -0.05) is 12.0 Å². The highest BCUT2D eigenvalue weighted by molar-refractivity contribution is 5.22. The van der Waals surface area contributed by atoms with Crippen LogP contribution in [0.25, 0.3) is 0 Å². The average molecular weight is 224 g/mol. The molecule has 0 aliphatic rings. The number of nitrogens with one attached hydrogen (secondary N) is 1. The van der Waals surface area contributed by atoms with E-state index in [4.69, 9.17) is 12.2 Å². The van der Waals surface area contributed by atoms with Crippen LogP contribution in [0.2, 0.25) is 0 Å². The number of halogens is 2. The standard InChI is InChI=1S/C12H14F2N2/c1-3-8(2)16-12(7-15)9-4-5-10(13)11(14)6-9/h1,4-6,8,12,16H,7,15H2,2H3. The summed E-state index contributed by atoms with van der Waals surface area (Å²) in [7, 11) is 0. The molecule has 1 aromatic carbocycles. The van der Waals surface area contributed by atoms with Crippen molar-refractivity contribution in [2.75, 3.05) is 6.54 Å². The van der Waals surface area contributed by atoms with Gasteiger partial charge in [0, 0.05) is 12.6 Å². The molecule has 0 heterocycles. The van der Waals surface area contributed by atoms with Crippen LogP contribution in [-0.2, 0) is 0 Å². The molecule has 0 radical (unpaired) electrons. The molecule has 0 aliphatic carbocycles. The fraction of sp³-hybridized carbons (Fsp3) is 0.333. The Kier molecular flexibility index (Phi) is 4.41. The highest BCUT2D eigenvalue weighted by Crippen LogP contribution is 2.16. The van der Waals surface area contributed by atoms with E-state index in [2.05, 4.69) is 11.2 Å². The Morgan fingerprint density at radius 1 is 1.44 bits per heavy atom. The van der Waals surface area contributed by atoms with Gasteiger partial charge in [-0.25, -0.2) is 8.78 Å². The van der Waals surface area contributed by atoms with E-state index in [-0.39, 0.29) is 18.6 Å². The lowest BCUT2D eigenvalue weighted by Crippen LogP contribution is -2.34. The second kappa shape index (κ2) is 5.59. The lowest BCUT2D eigenvalue weighted by atomic mass is 10.1. The number of benzene rings is 1. The molecule has 2 unspecified atom stereocenters. The van der Waals surface area contributed by atoms with Crippen molar-refractivity contribution in [2.45, 2.75) is 19.0 Å². The smallest absolute Gasteiger partial charge is 0.159 e. The third-order valence-electron chi connectivity index (χ3n) is 2.28. The zero-order valence-electron chi connectivity index (χ0n) is 9.00. The van der Waals surface area contributed by atoms with Crippen LogP contribution in [-0.4, -0.2) is 12.6 Å². The molecule has 3 N–H and O–H groups in total. The van der Waals surface area contributed by atoms with Gasteiger partial charge < -0.3 is 5.73 Å². The zero-order valence-corrected chi connectivity index (χ0v) is 9.00. The minimum Gasteiger partial charge on any atom is -0.329 e. The molecule has 0 saturated carbocycles. The minimum atomic E-state index is -0.883. The molecule has 1 rings (SSSR count). The van der Waals surface area contributed by atoms with Crippen molar-refractivity contribution in [1.29, 1.82) is 0 Å². The van der Waals surface area contributed by atoms with Crippen LogP contribution in [0.3, 0.4) is 0 Å². The predicted octanol–water partition coefficient (Wildman–Crippen LogP) is 1.58. The molecule has 0 saturated heterocycles. The lowest BCUT2D eigenvalue weighted by Gasteiger charge is -2.19. The summed E-state index contributed by atoms with van der Waals surface area (Å²) in [6, 6.07) is 3.24. The lowest BCUT2D eigenvalue weighted by molar-refractivity contribution is 0.490. The molecule has 0 amide bonds. The molecule has 0 bridgehead atoms. The topological polar surface area (TPSA) is 38.0 Å². The van der Waals surface area contributed by atoms with Gasteiger partial charge >= 0.3 is 0 Å². The van der Waals surface area contributed by atoms with Crippen molar-refractivity contribution in [1.82, 2.24) is 5.32 Å². The Hall–Kier alpha value is -1.44. The van der Waals surface area contributed by atoms with Gasteiger partial charge in [0.25, 0.3) is 0 Å². The maximum absolute atomic E-state index is 13.0. The molecule has 0 fully saturated rings. The third kappa shape index (κ3) is 3.02. The molecule has 2 atom stereocenters. The van der Waals surface area contributed by atoms with Gasteiger partial charge in [-0.2, -0.15) is 0 Å². The van der Waals surface area contributed by atoms with Crippen molar-refractivity contribution in [3.05, 3.63) is 35.4 Å². The van der Waals surface area contributed by atoms with Gasteiger partial charge in [0.2, 0.25) is 0 Å². The van der Waals surface area contributed by atoms with Crippen molar-refractivity contribution in [3.63, 3.8) is 0 Å². The van der Waals surface area contributed by atoms with Crippen molar-refractivity contribution < 1.29 is 8.78 Å². The molecule has 1 aromatic rings. The summed E-state index contributed by atoms with van der Waals surface area (Å²) < 4.78 is 25.7. The first-order valence-electron chi connectivity index (χ1n) is 4.95. The van der Waals surface area contributed by atoms with Crippen LogP contribution in [0.1, 0.15) is 18.5 Å². The van der Waals surface area contributed by atoms with E-state index in [1.165, 1.54) is 6.07 Å². The van der Waals surface area contributed by atoms with Gasteiger partial charge in [0.05, 0.1) is 6.04 Å². The summed E-state index contributed by atoms with van der Waals surface area (Å²) in [5.41, 5.74) is 6.14. The maximum Gasteiger partial charge on any atom is 0.159 e. The van der Waals surface area contributed by atoms with Crippen LogP contribution in [0, 0.1) is 24.0 Å². The summed E-state index contributed by atoms with van der Waals surface area (Å²) in [5, 5.41) is 3.03. The SMILES string of the molecule is C#CC(C)NC(CN)c1ccc(F)c(F)c1. The van der Waals surface area contributed by atoms with Gasteiger partial charge in [0.1, 0.15) is 0 Å². The Labute approximate surface area is 93.8 Å². The first-order chi connectivity index (χ1) is 7.58. The number of terminal acetylenes is 1. The Balaban J connectivity index is 2.87. The highest BCUT2D eigenvalue weighted by Gasteiger charge is 2.13. The first kappa shape index (κ1) is 12.6. The molecule has 16 heavy (non-hydrogen) atoms. The number of hydrogen-bond acceptors (Lipinski definition) is 2. The number of rotatable bonds is 4. The summed E-state index contributed by atoms with van der Waals surface area (Å²) in [5.74, 6) is 0.737. The van der Waals surface area contributed by atoms with E-state index in [9.17, 15) is 8.78 Å². The van der Waals surface area contributed by atoms with Crippen LogP contribution in [0.5, 0.6) is 0 Å². The second-order valence-corrected chi connectivity index (χ2v) is 3.52. The van der Waals surface area contributed by atoms with E-state index >= 15 is 0 Å². The van der Waals surface area contributed by atoms with Gasteiger partial charge in [-0.3, -0.25) is 5.32 Å². The van der Waals surface area contributed by atoms with Crippen molar-refractivity contribution >= 4 is 0 Å². The first-order valence-corrected chi connectivity index (χ1v) is 4.95. The summed E-state index contributed by atoms with van der Waals surface area (Å²) in [6.07, 6.45) is 5.22. The largest absolute Gasteiger partial charge is 0.329 e. The van der Waals surface area contributed by atoms with E-state index < -0.39 is 11.6 Å². The Bertz CT molecular complexity index is 398. The minimum absolute atomic E-state index is 0.179. The molecule has 4 heteroatoms. The van der Waals surface area contributed by atoms with Crippen LogP contribution < -0.4 is 11.1 Å². The maximum atomic E-state index is 13.0. The van der Waals surface area contributed by atoms with Crippen LogP contribution in [0.4, 0.5) is 8.78 Å². The third-order valence-corrected chi connectivity index (χ3v) is 2.28. The summed E-state index contributed by atoms with van der Waals surface area (Å²) >= 11 is 0. The highest BCUT2D eigenvalue weighted by atomic mass is 19.2. The monoisotopic (exact) mass is 224 g/mol. The molecular weight excluding hydrogens is 210 g/mol. The van der Waals surface area contributed by atoms with E-state index in [1.807, 2.05) is 0 Å². The predicted molar refractivity (Wildman–Crippen MR) is 59.6 cm³/mol. The fourth-order valence-corrected chi connectivity index (χ4v) is 1.38. The number of nitrogens with two attached hydrogens (primary N) is 1. The Morgan fingerprint density at radius 2 is 2.12 bits per heavy atom. The average Bonchev–Trinajstić information content (AvgIpc) is 2.29. The van der Waals surface area contributed by atoms with E-state index in [1.54, 1.807) is 6.92 Å². The molecule has 86 valence electrons. The normalized spacial score (nSPS) is 14.2. The molecule has 0 spiro atoms. The molecule has 0 aromatic heterocycles. The quantitative estimate of drug-likeness (QED) is 0.762. The van der Waals surface area contributed by atoms with Gasteiger partial charge in [0.15, 0.2) is 11.6 Å². The zero-order chi connectivity index (χ0) is 12.1. The van der Waals surface area contributed by atoms with E-state index in [0.29, 0.717) is 5.56 Å². The van der Waals surface area contributed by atoms with Gasteiger partial charge in [-0.05, 0) is 24.6 Å². The van der Waals surface area contributed by atoms with Crippen LogP contribution in [0.15, 0.2) is 18.2 Å². The second-order valence-electron chi connectivity index (χ2n) is 3.52. The Morgan fingerprint density at radius 3 is 2.62 bits per heavy atom. The molecule has 0 aliphatic heterocycles. The van der Waals surface area contributed by atoms with Gasteiger partial charge in [-0.15, -0.1) is 6.42 Å². The molecule has 2 nitrogen and oxygen atoms in total. The summed E-state index contributed by atoms with van der Waals surface area (Å²) in [4.78, 5) is 0.